The molecule has 0 radical (unpaired) electrons. The summed E-state index contributed by atoms with van der Waals surface area (Å²) in [6.07, 6.45) is 0. The van der Waals surface area contributed by atoms with Crippen LogP contribution in [0.15, 0.2) is 27.1 Å². The van der Waals surface area contributed by atoms with Crippen LogP contribution >= 0.6 is 15.9 Å². The van der Waals surface area contributed by atoms with Crippen molar-refractivity contribution < 1.29 is 13.3 Å². The molecule has 0 aliphatic rings. The van der Waals surface area contributed by atoms with E-state index in [2.05, 4.69) is 20.3 Å². The molecule has 0 amide bonds. The lowest BCUT2D eigenvalue weighted by atomic mass is 10.1. The third kappa shape index (κ3) is 3.76. The molecule has 0 saturated carbocycles. The lowest BCUT2D eigenvalue weighted by Crippen LogP contribution is -2.27. The molecular weight excluding hydrogens is 324 g/mol. The third-order valence-corrected chi connectivity index (χ3v) is 4.15. The summed E-state index contributed by atoms with van der Waals surface area (Å²) >= 11 is 1.40. The van der Waals surface area contributed by atoms with Crippen molar-refractivity contribution in [2.24, 2.45) is 4.40 Å². The SMILES string of the molecule is CC(C)(C)[S@@+]([O-])N=C(CF)c1cccc(Br)c1F. The lowest BCUT2D eigenvalue weighted by molar-refractivity contribution is 0.557. The van der Waals surface area contributed by atoms with Crippen LogP contribution in [0.2, 0.25) is 0 Å². The molecule has 0 heterocycles. The zero-order valence-electron chi connectivity index (χ0n) is 10.3. The Bertz CT molecular complexity index is 460. The van der Waals surface area contributed by atoms with Crippen LogP contribution in [0, 0.1) is 5.82 Å². The number of benzene rings is 1. The molecule has 100 valence electrons. The van der Waals surface area contributed by atoms with Gasteiger partial charge >= 0.3 is 0 Å². The van der Waals surface area contributed by atoms with Crippen molar-refractivity contribution in [2.75, 3.05) is 6.67 Å². The van der Waals surface area contributed by atoms with Crippen LogP contribution < -0.4 is 0 Å². The minimum absolute atomic E-state index is 0.0319. The minimum Gasteiger partial charge on any atom is -0.591 e. The molecule has 0 N–H and O–H groups in total. The second-order valence-corrected chi connectivity index (χ2v) is 7.39. The van der Waals surface area contributed by atoms with Gasteiger partial charge < -0.3 is 4.55 Å². The molecule has 0 fully saturated rings. The molecular formula is C12H14BrF2NOS. The molecule has 0 spiro atoms. The van der Waals surface area contributed by atoms with Crippen molar-refractivity contribution in [3.63, 3.8) is 0 Å². The lowest BCUT2D eigenvalue weighted by Gasteiger charge is -2.19. The predicted octanol–water partition coefficient (Wildman–Crippen LogP) is 3.81. The molecule has 1 aromatic rings. The average molecular weight is 338 g/mol. The van der Waals surface area contributed by atoms with E-state index < -0.39 is 28.6 Å². The third-order valence-electron chi connectivity index (χ3n) is 2.11. The van der Waals surface area contributed by atoms with Crippen LogP contribution in [0.1, 0.15) is 26.3 Å². The number of nitrogens with zero attached hydrogens (tertiary/aromatic N) is 1. The number of hydrogen-bond donors (Lipinski definition) is 0. The average Bonchev–Trinajstić information content (AvgIpc) is 2.28. The maximum atomic E-state index is 13.8. The van der Waals surface area contributed by atoms with Crippen LogP contribution in [-0.4, -0.2) is 21.7 Å². The van der Waals surface area contributed by atoms with Crippen LogP contribution in [-0.2, 0) is 11.4 Å². The molecule has 18 heavy (non-hydrogen) atoms. The standard InChI is InChI=1S/C12H14BrF2NOS/c1-12(2,3)18(17)16-10(7-14)8-5-4-6-9(13)11(8)15/h4-6H,7H2,1-3H3/t18-/m1/s1. The van der Waals surface area contributed by atoms with Crippen LogP contribution in [0.4, 0.5) is 8.78 Å². The molecule has 0 saturated heterocycles. The normalized spacial score (nSPS) is 14.7. The van der Waals surface area contributed by atoms with Gasteiger partial charge in [-0.05, 0) is 48.8 Å². The van der Waals surface area contributed by atoms with Gasteiger partial charge in [0.25, 0.3) is 0 Å². The van der Waals surface area contributed by atoms with E-state index in [4.69, 9.17) is 0 Å². The maximum Gasteiger partial charge on any atom is 0.146 e. The van der Waals surface area contributed by atoms with E-state index in [0.717, 1.165) is 0 Å². The monoisotopic (exact) mass is 337 g/mol. The van der Waals surface area contributed by atoms with Crippen LogP contribution in [0.5, 0.6) is 0 Å². The zero-order valence-corrected chi connectivity index (χ0v) is 12.7. The summed E-state index contributed by atoms with van der Waals surface area (Å²) in [5, 5.41) is 0. The van der Waals surface area contributed by atoms with E-state index in [9.17, 15) is 13.3 Å². The van der Waals surface area contributed by atoms with Crippen molar-refractivity contribution in [3.05, 3.63) is 34.1 Å². The summed E-state index contributed by atoms with van der Waals surface area (Å²) in [5.41, 5.74) is -0.105. The Morgan fingerprint density at radius 1 is 1.44 bits per heavy atom. The van der Waals surface area contributed by atoms with E-state index in [1.165, 1.54) is 12.1 Å². The van der Waals surface area contributed by atoms with E-state index in [1.807, 2.05) is 0 Å². The van der Waals surface area contributed by atoms with Gasteiger partial charge in [-0.3, -0.25) is 0 Å². The first-order valence-corrected chi connectivity index (χ1v) is 7.17. The first kappa shape index (κ1) is 15.6. The summed E-state index contributed by atoms with van der Waals surface area (Å²) in [7, 11) is 0. The Morgan fingerprint density at radius 2 is 2.06 bits per heavy atom. The van der Waals surface area contributed by atoms with Crippen LogP contribution in [0.25, 0.3) is 0 Å². The van der Waals surface area contributed by atoms with Gasteiger partial charge in [0.15, 0.2) is 0 Å². The van der Waals surface area contributed by atoms with Gasteiger partial charge in [0.2, 0.25) is 0 Å². The highest BCUT2D eigenvalue weighted by Gasteiger charge is 2.28. The first-order valence-electron chi connectivity index (χ1n) is 5.27. The quantitative estimate of drug-likeness (QED) is 0.610. The van der Waals surface area contributed by atoms with Gasteiger partial charge in [-0.15, -0.1) is 0 Å². The maximum absolute atomic E-state index is 13.8. The predicted molar refractivity (Wildman–Crippen MR) is 74.5 cm³/mol. The van der Waals surface area contributed by atoms with E-state index >= 15 is 0 Å². The van der Waals surface area contributed by atoms with Crippen molar-refractivity contribution in [1.29, 1.82) is 0 Å². The summed E-state index contributed by atoms with van der Waals surface area (Å²) in [5.74, 6) is -0.597. The largest absolute Gasteiger partial charge is 0.591 e. The second-order valence-electron chi connectivity index (χ2n) is 4.63. The molecule has 1 atom stereocenters. The Morgan fingerprint density at radius 3 is 2.56 bits per heavy atom. The van der Waals surface area contributed by atoms with E-state index in [1.54, 1.807) is 26.8 Å². The molecule has 6 heteroatoms. The molecule has 0 aliphatic carbocycles. The summed E-state index contributed by atoms with van der Waals surface area (Å²) < 4.78 is 42.0. The minimum atomic E-state index is -1.62. The molecule has 0 unspecified atom stereocenters. The molecule has 1 rings (SSSR count). The highest BCUT2D eigenvalue weighted by Crippen LogP contribution is 2.22. The number of rotatable bonds is 3. The second kappa shape index (κ2) is 6.12. The first-order chi connectivity index (χ1) is 8.27. The molecule has 2 nitrogen and oxygen atoms in total. The van der Waals surface area contributed by atoms with E-state index in [0.29, 0.717) is 0 Å². The molecule has 0 aromatic heterocycles. The van der Waals surface area contributed by atoms with Crippen molar-refractivity contribution in [1.82, 2.24) is 0 Å². The Hall–Kier alpha value is -0.460. The smallest absolute Gasteiger partial charge is 0.146 e. The van der Waals surface area contributed by atoms with Gasteiger partial charge in [-0.2, -0.15) is 0 Å². The van der Waals surface area contributed by atoms with Gasteiger partial charge in [0.05, 0.1) is 4.47 Å². The number of hydrogen-bond acceptors (Lipinski definition) is 2. The fraction of sp³-hybridized carbons (Fsp3) is 0.417. The summed E-state index contributed by atoms with van der Waals surface area (Å²) in [6, 6.07) is 4.50. The number of halogens is 3. The van der Waals surface area contributed by atoms with Gasteiger partial charge in [0.1, 0.15) is 34.3 Å². The van der Waals surface area contributed by atoms with E-state index in [-0.39, 0.29) is 15.7 Å². The van der Waals surface area contributed by atoms with Crippen LogP contribution in [0.3, 0.4) is 0 Å². The topological polar surface area (TPSA) is 35.4 Å². The fourth-order valence-corrected chi connectivity index (χ4v) is 2.10. The van der Waals surface area contributed by atoms with Gasteiger partial charge in [-0.25, -0.2) is 8.78 Å². The summed E-state index contributed by atoms with van der Waals surface area (Å²) in [4.78, 5) is 0. The van der Waals surface area contributed by atoms with Crippen molar-refractivity contribution in [3.8, 4) is 0 Å². The molecule has 0 aliphatic heterocycles. The van der Waals surface area contributed by atoms with Crippen molar-refractivity contribution in [2.45, 2.75) is 25.5 Å². The highest BCUT2D eigenvalue weighted by atomic mass is 79.9. The molecule has 1 aromatic carbocycles. The summed E-state index contributed by atoms with van der Waals surface area (Å²) in [6.45, 7) is 4.20. The fourth-order valence-electron chi connectivity index (χ4n) is 1.11. The highest BCUT2D eigenvalue weighted by molar-refractivity contribution is 9.10. The van der Waals surface area contributed by atoms with Crippen molar-refractivity contribution >= 4 is 33.0 Å². The zero-order chi connectivity index (χ0) is 13.9. The Labute approximate surface area is 117 Å². The van der Waals surface area contributed by atoms with Gasteiger partial charge in [-0.1, -0.05) is 10.5 Å². The Balaban J connectivity index is 3.18. The Kier molecular flexibility index (Phi) is 5.31. The number of alkyl halides is 1. The van der Waals surface area contributed by atoms with Gasteiger partial charge in [0, 0.05) is 5.56 Å². The molecule has 0 bridgehead atoms.